The van der Waals surface area contributed by atoms with Crippen LogP contribution in [0.1, 0.15) is 12.5 Å². The number of hydrogen-bond acceptors (Lipinski definition) is 3. The van der Waals surface area contributed by atoms with Gasteiger partial charge in [0.15, 0.2) is 0 Å². The fourth-order valence-corrected chi connectivity index (χ4v) is 2.04. The second-order valence-corrected chi connectivity index (χ2v) is 5.24. The highest BCUT2D eigenvalue weighted by atomic mass is 35.5. The van der Waals surface area contributed by atoms with Crippen LogP contribution in [-0.2, 0) is 16.0 Å². The second-order valence-electron chi connectivity index (χ2n) is 4.45. The Hall–Kier alpha value is -0.770. The van der Waals surface area contributed by atoms with Crippen LogP contribution >= 0.6 is 23.2 Å². The highest BCUT2D eigenvalue weighted by Gasteiger charge is 2.13. The number of rotatable bonds is 5. The number of carbonyl (C=O) groups is 1. The zero-order valence-electron chi connectivity index (χ0n) is 10.7. The summed E-state index contributed by atoms with van der Waals surface area (Å²) in [5.74, 6) is -0.298. The number of hydrogen-bond donors (Lipinski definition) is 0. The summed E-state index contributed by atoms with van der Waals surface area (Å²) in [6.45, 7) is 2.55. The molecule has 0 aliphatic rings. The van der Waals surface area contributed by atoms with E-state index in [0.717, 1.165) is 0 Å². The molecule has 0 spiro atoms. The molecule has 5 heteroatoms. The summed E-state index contributed by atoms with van der Waals surface area (Å²) in [5.41, 5.74) is 0.686. The molecule has 0 unspecified atom stereocenters. The molecular formula is C13H17Cl2NO2. The van der Waals surface area contributed by atoms with Crippen LogP contribution in [0.15, 0.2) is 18.2 Å². The van der Waals surface area contributed by atoms with Crippen LogP contribution in [0.2, 0.25) is 10.0 Å². The first-order valence-electron chi connectivity index (χ1n) is 5.67. The zero-order chi connectivity index (χ0) is 13.7. The van der Waals surface area contributed by atoms with E-state index >= 15 is 0 Å². The molecular weight excluding hydrogens is 273 g/mol. The van der Waals surface area contributed by atoms with E-state index < -0.39 is 0 Å². The van der Waals surface area contributed by atoms with Crippen molar-refractivity contribution in [2.75, 3.05) is 20.6 Å². The topological polar surface area (TPSA) is 29.5 Å². The maximum atomic E-state index is 11.7. The molecule has 1 aromatic rings. The molecule has 0 saturated carbocycles. The standard InChI is InChI=1S/C13H17Cl2NO2/c1-9(8-16(2)3)18-12(17)7-10-5-4-6-11(14)13(10)15/h4-6,9H,7-8H2,1-3H3/t9-/m1/s1. The molecule has 0 saturated heterocycles. The van der Waals surface area contributed by atoms with Gasteiger partial charge >= 0.3 is 5.97 Å². The van der Waals surface area contributed by atoms with Gasteiger partial charge < -0.3 is 9.64 Å². The van der Waals surface area contributed by atoms with E-state index in [0.29, 0.717) is 22.2 Å². The number of halogens is 2. The van der Waals surface area contributed by atoms with E-state index in [9.17, 15) is 4.79 Å². The molecule has 3 nitrogen and oxygen atoms in total. The third-order valence-corrected chi connectivity index (χ3v) is 3.18. The Bertz CT molecular complexity index is 421. The Labute approximate surface area is 118 Å². The van der Waals surface area contributed by atoms with Crippen molar-refractivity contribution in [1.29, 1.82) is 0 Å². The van der Waals surface area contributed by atoms with E-state index in [2.05, 4.69) is 0 Å². The Kier molecular flexibility index (Phi) is 5.93. The Morgan fingerprint density at radius 2 is 2.06 bits per heavy atom. The quantitative estimate of drug-likeness (QED) is 0.781. The number of ether oxygens (including phenoxy) is 1. The predicted molar refractivity (Wildman–Crippen MR) is 74.3 cm³/mol. The Morgan fingerprint density at radius 3 is 2.67 bits per heavy atom. The fourth-order valence-electron chi connectivity index (χ4n) is 1.66. The van der Waals surface area contributed by atoms with Gasteiger partial charge in [0.05, 0.1) is 16.5 Å². The molecule has 1 aromatic carbocycles. The number of carbonyl (C=O) groups excluding carboxylic acids is 1. The van der Waals surface area contributed by atoms with Crippen molar-refractivity contribution in [3.05, 3.63) is 33.8 Å². The molecule has 0 aliphatic heterocycles. The van der Waals surface area contributed by atoms with Gasteiger partial charge in [-0.25, -0.2) is 0 Å². The monoisotopic (exact) mass is 289 g/mol. The molecule has 1 atom stereocenters. The molecule has 0 fully saturated rings. The van der Waals surface area contributed by atoms with Crippen LogP contribution in [0.4, 0.5) is 0 Å². The summed E-state index contributed by atoms with van der Waals surface area (Å²) < 4.78 is 5.28. The predicted octanol–water partition coefficient (Wildman–Crippen LogP) is 3.03. The van der Waals surface area contributed by atoms with Crippen molar-refractivity contribution in [3.8, 4) is 0 Å². The highest BCUT2D eigenvalue weighted by molar-refractivity contribution is 6.42. The first kappa shape index (κ1) is 15.3. The highest BCUT2D eigenvalue weighted by Crippen LogP contribution is 2.26. The zero-order valence-corrected chi connectivity index (χ0v) is 12.3. The maximum Gasteiger partial charge on any atom is 0.310 e. The lowest BCUT2D eigenvalue weighted by Crippen LogP contribution is -2.28. The van der Waals surface area contributed by atoms with Crippen molar-refractivity contribution in [2.45, 2.75) is 19.4 Å². The Morgan fingerprint density at radius 1 is 1.39 bits per heavy atom. The lowest BCUT2D eigenvalue weighted by Gasteiger charge is -2.17. The minimum Gasteiger partial charge on any atom is -0.461 e. The molecule has 0 amide bonds. The van der Waals surface area contributed by atoms with Gasteiger partial charge in [-0.2, -0.15) is 0 Å². The molecule has 0 aromatic heterocycles. The third-order valence-electron chi connectivity index (χ3n) is 2.32. The van der Waals surface area contributed by atoms with Crippen LogP contribution in [0, 0.1) is 0 Å². The van der Waals surface area contributed by atoms with Crippen LogP contribution < -0.4 is 0 Å². The van der Waals surface area contributed by atoms with Gasteiger partial charge in [-0.05, 0) is 32.6 Å². The molecule has 0 aliphatic carbocycles. The van der Waals surface area contributed by atoms with E-state index in [1.807, 2.05) is 25.9 Å². The van der Waals surface area contributed by atoms with Crippen LogP contribution in [0.3, 0.4) is 0 Å². The molecule has 100 valence electrons. The Balaban J connectivity index is 2.57. The van der Waals surface area contributed by atoms with Gasteiger partial charge in [-0.3, -0.25) is 4.79 Å². The summed E-state index contributed by atoms with van der Waals surface area (Å²) in [5, 5.41) is 0.861. The van der Waals surface area contributed by atoms with E-state index in [-0.39, 0.29) is 18.5 Å². The van der Waals surface area contributed by atoms with Gasteiger partial charge in [0, 0.05) is 6.54 Å². The second kappa shape index (κ2) is 6.98. The minimum atomic E-state index is -0.298. The maximum absolute atomic E-state index is 11.7. The normalized spacial score (nSPS) is 12.6. The third kappa shape index (κ3) is 4.84. The SMILES string of the molecule is C[C@H](CN(C)C)OC(=O)Cc1cccc(Cl)c1Cl. The summed E-state index contributed by atoms with van der Waals surface area (Å²) >= 11 is 11.9. The first-order chi connectivity index (χ1) is 8.40. The van der Waals surface area contributed by atoms with Crippen LogP contribution in [-0.4, -0.2) is 37.6 Å². The van der Waals surface area contributed by atoms with Crippen LogP contribution in [0.25, 0.3) is 0 Å². The number of benzene rings is 1. The largest absolute Gasteiger partial charge is 0.461 e. The fraction of sp³-hybridized carbons (Fsp3) is 0.462. The average Bonchev–Trinajstić information content (AvgIpc) is 2.23. The van der Waals surface area contributed by atoms with Gasteiger partial charge in [0.25, 0.3) is 0 Å². The van der Waals surface area contributed by atoms with Crippen molar-refractivity contribution in [1.82, 2.24) is 4.90 Å². The molecule has 18 heavy (non-hydrogen) atoms. The van der Waals surface area contributed by atoms with Crippen molar-refractivity contribution in [2.24, 2.45) is 0 Å². The van der Waals surface area contributed by atoms with Gasteiger partial charge in [-0.1, -0.05) is 35.3 Å². The van der Waals surface area contributed by atoms with Crippen molar-refractivity contribution in [3.63, 3.8) is 0 Å². The summed E-state index contributed by atoms with van der Waals surface area (Å²) in [6.07, 6.45) is -0.0116. The summed E-state index contributed by atoms with van der Waals surface area (Å²) in [6, 6.07) is 5.22. The summed E-state index contributed by atoms with van der Waals surface area (Å²) in [4.78, 5) is 13.7. The van der Waals surface area contributed by atoms with Gasteiger partial charge in [0.2, 0.25) is 0 Å². The summed E-state index contributed by atoms with van der Waals surface area (Å²) in [7, 11) is 3.86. The molecule has 0 N–H and O–H groups in total. The first-order valence-corrected chi connectivity index (χ1v) is 6.43. The van der Waals surface area contributed by atoms with E-state index in [4.69, 9.17) is 27.9 Å². The number of esters is 1. The van der Waals surface area contributed by atoms with E-state index in [1.54, 1.807) is 18.2 Å². The molecule has 0 bridgehead atoms. The van der Waals surface area contributed by atoms with E-state index in [1.165, 1.54) is 0 Å². The van der Waals surface area contributed by atoms with Crippen molar-refractivity contribution < 1.29 is 9.53 Å². The van der Waals surface area contributed by atoms with Gasteiger partial charge in [-0.15, -0.1) is 0 Å². The lowest BCUT2D eigenvalue weighted by atomic mass is 10.1. The molecule has 0 heterocycles. The van der Waals surface area contributed by atoms with Gasteiger partial charge in [0.1, 0.15) is 6.10 Å². The van der Waals surface area contributed by atoms with Crippen molar-refractivity contribution >= 4 is 29.2 Å². The molecule has 1 rings (SSSR count). The molecule has 0 radical (unpaired) electrons. The smallest absolute Gasteiger partial charge is 0.310 e. The average molecular weight is 290 g/mol. The lowest BCUT2D eigenvalue weighted by molar-refractivity contribution is -0.147. The number of nitrogens with zero attached hydrogens (tertiary/aromatic N) is 1. The minimum absolute atomic E-state index is 0.136. The number of likely N-dealkylation sites (N-methyl/N-ethyl adjacent to an activating group) is 1. The van der Waals surface area contributed by atoms with Crippen LogP contribution in [0.5, 0.6) is 0 Å².